The third kappa shape index (κ3) is 2.67. The third-order valence-electron chi connectivity index (χ3n) is 2.78. The molecule has 96 valence electrons. The first-order valence-corrected chi connectivity index (χ1v) is 7.51. The maximum absolute atomic E-state index is 13.7. The minimum atomic E-state index is -0.192. The number of hydrogen-bond acceptors (Lipinski definition) is 2. The third-order valence-corrected chi connectivity index (χ3v) is 4.29. The molecule has 5 heteroatoms. The average molecular weight is 337 g/mol. The van der Waals surface area contributed by atoms with Gasteiger partial charge in [0.15, 0.2) is 5.16 Å². The summed E-state index contributed by atoms with van der Waals surface area (Å²) in [6.45, 7) is 0. The molecule has 0 spiro atoms. The predicted octanol–water partition coefficient (Wildman–Crippen LogP) is 4.53. The number of halogens is 2. The number of imidazole rings is 1. The van der Waals surface area contributed by atoms with Crippen molar-refractivity contribution in [1.82, 2.24) is 9.38 Å². The molecule has 0 fully saturated rings. The Kier molecular flexibility index (Phi) is 3.57. The highest BCUT2D eigenvalue weighted by Gasteiger charge is 2.07. The van der Waals surface area contributed by atoms with Crippen LogP contribution in [0, 0.1) is 5.82 Å². The van der Waals surface area contributed by atoms with Gasteiger partial charge < -0.3 is 0 Å². The Hall–Kier alpha value is -1.33. The fourth-order valence-electron chi connectivity index (χ4n) is 1.81. The van der Waals surface area contributed by atoms with E-state index in [4.69, 9.17) is 0 Å². The minimum absolute atomic E-state index is 0.192. The highest BCUT2D eigenvalue weighted by molar-refractivity contribution is 9.10. The molecule has 3 aromatic rings. The summed E-state index contributed by atoms with van der Waals surface area (Å²) in [5.41, 5.74) is 1.72. The van der Waals surface area contributed by atoms with Gasteiger partial charge in [-0.25, -0.2) is 9.37 Å². The van der Waals surface area contributed by atoms with Gasteiger partial charge in [0.25, 0.3) is 0 Å². The number of nitrogens with zero attached hydrogens (tertiary/aromatic N) is 2. The molecule has 0 aliphatic carbocycles. The quantitative estimate of drug-likeness (QED) is 0.654. The van der Waals surface area contributed by atoms with Gasteiger partial charge in [-0.1, -0.05) is 39.8 Å². The summed E-state index contributed by atoms with van der Waals surface area (Å²) in [7, 11) is 0. The van der Waals surface area contributed by atoms with Crippen molar-refractivity contribution in [1.29, 1.82) is 0 Å². The van der Waals surface area contributed by atoms with Crippen LogP contribution in [0.2, 0.25) is 0 Å². The predicted molar refractivity (Wildman–Crippen MR) is 78.9 cm³/mol. The van der Waals surface area contributed by atoms with E-state index < -0.39 is 0 Å². The number of fused-ring (bicyclic) bond motifs is 1. The molecule has 2 nitrogen and oxygen atoms in total. The van der Waals surface area contributed by atoms with Gasteiger partial charge in [0, 0.05) is 16.4 Å². The molecular formula is C14H10BrFN2S. The fourth-order valence-corrected chi connectivity index (χ4v) is 3.09. The van der Waals surface area contributed by atoms with Crippen molar-refractivity contribution < 1.29 is 4.39 Å². The molecule has 0 atom stereocenters. The van der Waals surface area contributed by atoms with E-state index in [1.807, 2.05) is 41.1 Å². The molecule has 3 rings (SSSR count). The van der Waals surface area contributed by atoms with E-state index in [-0.39, 0.29) is 5.82 Å². The van der Waals surface area contributed by atoms with Gasteiger partial charge in [-0.2, -0.15) is 0 Å². The van der Waals surface area contributed by atoms with Crippen molar-refractivity contribution in [3.8, 4) is 0 Å². The van der Waals surface area contributed by atoms with Crippen molar-refractivity contribution in [2.45, 2.75) is 10.9 Å². The smallest absolute Gasteiger partial charge is 0.172 e. The van der Waals surface area contributed by atoms with E-state index in [2.05, 4.69) is 20.9 Å². The maximum Gasteiger partial charge on any atom is 0.172 e. The zero-order valence-corrected chi connectivity index (χ0v) is 12.3. The van der Waals surface area contributed by atoms with E-state index >= 15 is 0 Å². The lowest BCUT2D eigenvalue weighted by atomic mass is 10.2. The number of hydrogen-bond donors (Lipinski definition) is 0. The van der Waals surface area contributed by atoms with Gasteiger partial charge in [0.1, 0.15) is 5.82 Å². The van der Waals surface area contributed by atoms with E-state index in [9.17, 15) is 4.39 Å². The summed E-state index contributed by atoms with van der Waals surface area (Å²) in [5.74, 6) is 0.371. The Morgan fingerprint density at radius 2 is 2.16 bits per heavy atom. The van der Waals surface area contributed by atoms with Gasteiger partial charge in [-0.05, 0) is 29.8 Å². The zero-order valence-electron chi connectivity index (χ0n) is 9.88. The first-order valence-electron chi connectivity index (χ1n) is 5.73. The van der Waals surface area contributed by atoms with Gasteiger partial charge in [-0.15, -0.1) is 0 Å². The van der Waals surface area contributed by atoms with Crippen LogP contribution in [0.3, 0.4) is 0 Å². The SMILES string of the molecule is Fc1cc(Br)ccc1CSc1ncc2ccccn12. The van der Waals surface area contributed by atoms with Gasteiger partial charge >= 0.3 is 0 Å². The van der Waals surface area contributed by atoms with Crippen molar-refractivity contribution in [3.63, 3.8) is 0 Å². The normalized spacial score (nSPS) is 11.1. The zero-order chi connectivity index (χ0) is 13.2. The lowest BCUT2D eigenvalue weighted by Gasteiger charge is -2.03. The maximum atomic E-state index is 13.7. The van der Waals surface area contributed by atoms with Crippen molar-refractivity contribution in [2.24, 2.45) is 0 Å². The highest BCUT2D eigenvalue weighted by atomic mass is 79.9. The molecule has 0 radical (unpaired) electrons. The molecule has 19 heavy (non-hydrogen) atoms. The Morgan fingerprint density at radius 1 is 1.26 bits per heavy atom. The van der Waals surface area contributed by atoms with Gasteiger partial charge in [-0.3, -0.25) is 4.40 Å². The number of benzene rings is 1. The second-order valence-electron chi connectivity index (χ2n) is 4.06. The first kappa shape index (κ1) is 12.7. The van der Waals surface area contributed by atoms with Crippen molar-refractivity contribution >= 4 is 33.2 Å². The molecule has 0 aliphatic heterocycles. The molecule has 2 heterocycles. The summed E-state index contributed by atoms with van der Waals surface area (Å²) < 4.78 is 16.5. The van der Waals surface area contributed by atoms with Crippen LogP contribution in [0.25, 0.3) is 5.52 Å². The molecule has 0 saturated heterocycles. The van der Waals surface area contributed by atoms with E-state index in [1.165, 1.54) is 17.8 Å². The second kappa shape index (κ2) is 5.35. The van der Waals surface area contributed by atoms with E-state index in [0.29, 0.717) is 11.3 Å². The largest absolute Gasteiger partial charge is 0.295 e. The summed E-state index contributed by atoms with van der Waals surface area (Å²) >= 11 is 4.78. The van der Waals surface area contributed by atoms with Crippen LogP contribution in [-0.2, 0) is 5.75 Å². The van der Waals surface area contributed by atoms with E-state index in [1.54, 1.807) is 6.07 Å². The van der Waals surface area contributed by atoms with Crippen LogP contribution in [0.5, 0.6) is 0 Å². The summed E-state index contributed by atoms with van der Waals surface area (Å²) in [6.07, 6.45) is 3.78. The Balaban J connectivity index is 1.82. The Bertz CT molecular complexity index is 726. The second-order valence-corrected chi connectivity index (χ2v) is 5.92. The van der Waals surface area contributed by atoms with E-state index in [0.717, 1.165) is 15.1 Å². The summed E-state index contributed by atoms with van der Waals surface area (Å²) in [4.78, 5) is 4.35. The average Bonchev–Trinajstić information content (AvgIpc) is 2.81. The standard InChI is InChI=1S/C14H10BrFN2S/c15-11-5-4-10(13(16)7-11)9-19-14-17-8-12-3-1-2-6-18(12)14/h1-8H,9H2. The molecule has 1 aromatic carbocycles. The first-order chi connectivity index (χ1) is 9.24. The van der Waals surface area contributed by atoms with Gasteiger partial charge in [0.05, 0.1) is 11.7 Å². The summed E-state index contributed by atoms with van der Waals surface area (Å²) in [6, 6.07) is 11.1. The van der Waals surface area contributed by atoms with Crippen LogP contribution in [0.1, 0.15) is 5.56 Å². The molecule has 0 amide bonds. The van der Waals surface area contributed by atoms with Crippen molar-refractivity contribution in [2.75, 3.05) is 0 Å². The fraction of sp³-hybridized carbons (Fsp3) is 0.0714. The number of pyridine rings is 1. The summed E-state index contributed by atoms with van der Waals surface area (Å²) in [5, 5.41) is 0.873. The number of rotatable bonds is 3. The molecule has 0 bridgehead atoms. The van der Waals surface area contributed by atoms with Crippen LogP contribution >= 0.6 is 27.7 Å². The minimum Gasteiger partial charge on any atom is -0.295 e. The van der Waals surface area contributed by atoms with Crippen LogP contribution in [0.15, 0.2) is 58.4 Å². The Morgan fingerprint density at radius 3 is 3.00 bits per heavy atom. The molecule has 0 unspecified atom stereocenters. The lowest BCUT2D eigenvalue weighted by molar-refractivity contribution is 0.616. The highest BCUT2D eigenvalue weighted by Crippen LogP contribution is 2.25. The van der Waals surface area contributed by atoms with Gasteiger partial charge in [0.2, 0.25) is 0 Å². The number of thioether (sulfide) groups is 1. The van der Waals surface area contributed by atoms with Crippen LogP contribution < -0.4 is 0 Å². The lowest BCUT2D eigenvalue weighted by Crippen LogP contribution is -1.90. The molecule has 0 N–H and O–H groups in total. The van der Waals surface area contributed by atoms with Crippen LogP contribution in [-0.4, -0.2) is 9.38 Å². The topological polar surface area (TPSA) is 17.3 Å². The molecule has 0 saturated carbocycles. The molecule has 2 aromatic heterocycles. The van der Waals surface area contributed by atoms with Crippen molar-refractivity contribution in [3.05, 3.63) is 64.6 Å². The monoisotopic (exact) mass is 336 g/mol. The number of aromatic nitrogens is 2. The van der Waals surface area contributed by atoms with Crippen LogP contribution in [0.4, 0.5) is 4.39 Å². The molecular weight excluding hydrogens is 327 g/mol. The Labute approximate surface area is 122 Å². The molecule has 0 aliphatic rings.